The standard InChI is InChI=1S/C24H34N2O10/c1-3-4-5-6-7-8-11-34-22-21(36-24-20(30)19(29)18(28)17(13-27)35-24)15-10-9-14(26(32)33)12-16(15)25(2)23(22)31/h9-10,12,17-20,24,27-30H,3-8,11,13H2,1-2H3/t17-,18-,19+,20-,24+/m1/s1. The zero-order valence-electron chi connectivity index (χ0n) is 20.4. The molecule has 4 N–H and O–H groups in total. The van der Waals surface area contributed by atoms with E-state index >= 15 is 0 Å². The Morgan fingerprint density at radius 3 is 2.42 bits per heavy atom. The molecule has 1 aromatic heterocycles. The molecule has 12 heteroatoms. The minimum atomic E-state index is -1.72. The van der Waals surface area contributed by atoms with Crippen LogP contribution in [0.4, 0.5) is 5.69 Å². The van der Waals surface area contributed by atoms with Crippen LogP contribution in [0, 0.1) is 10.1 Å². The number of aliphatic hydroxyl groups is 4. The molecule has 2 aromatic rings. The number of benzene rings is 1. The van der Waals surface area contributed by atoms with Crippen molar-refractivity contribution < 1.29 is 39.6 Å². The first-order valence-corrected chi connectivity index (χ1v) is 12.1. The Balaban J connectivity index is 1.98. The van der Waals surface area contributed by atoms with Gasteiger partial charge in [-0.3, -0.25) is 14.9 Å². The minimum absolute atomic E-state index is 0.127. The first-order chi connectivity index (χ1) is 17.2. The number of hydrogen-bond acceptors (Lipinski definition) is 10. The lowest BCUT2D eigenvalue weighted by Crippen LogP contribution is -2.60. The Labute approximate surface area is 207 Å². The summed E-state index contributed by atoms with van der Waals surface area (Å²) < 4.78 is 18.3. The molecule has 3 rings (SSSR count). The van der Waals surface area contributed by atoms with Crippen LogP contribution in [-0.4, -0.2) is 73.8 Å². The number of aliphatic hydroxyl groups excluding tert-OH is 4. The molecule has 1 aromatic carbocycles. The molecule has 0 spiro atoms. The number of pyridine rings is 1. The normalized spacial score (nSPS) is 24.1. The van der Waals surface area contributed by atoms with Gasteiger partial charge < -0.3 is 39.2 Å². The van der Waals surface area contributed by atoms with Gasteiger partial charge in [0.15, 0.2) is 5.75 Å². The van der Waals surface area contributed by atoms with Crippen molar-refractivity contribution in [2.75, 3.05) is 13.2 Å². The van der Waals surface area contributed by atoms with Crippen molar-refractivity contribution in [2.24, 2.45) is 7.05 Å². The van der Waals surface area contributed by atoms with Crippen LogP contribution < -0.4 is 15.0 Å². The van der Waals surface area contributed by atoms with Crippen LogP contribution in [0.3, 0.4) is 0 Å². The van der Waals surface area contributed by atoms with Crippen molar-refractivity contribution in [1.29, 1.82) is 0 Å². The van der Waals surface area contributed by atoms with Crippen molar-refractivity contribution >= 4 is 16.6 Å². The molecule has 1 aliphatic rings. The van der Waals surface area contributed by atoms with Crippen LogP contribution >= 0.6 is 0 Å². The van der Waals surface area contributed by atoms with E-state index in [-0.39, 0.29) is 34.7 Å². The molecule has 0 radical (unpaired) electrons. The van der Waals surface area contributed by atoms with E-state index in [1.165, 1.54) is 29.8 Å². The molecule has 1 saturated heterocycles. The lowest BCUT2D eigenvalue weighted by Gasteiger charge is -2.39. The Hall–Kier alpha value is -2.77. The van der Waals surface area contributed by atoms with Gasteiger partial charge in [-0.1, -0.05) is 39.0 Å². The fourth-order valence-electron chi connectivity index (χ4n) is 4.17. The molecule has 1 fully saturated rings. The maximum atomic E-state index is 13.2. The van der Waals surface area contributed by atoms with Crippen LogP contribution in [0.15, 0.2) is 23.0 Å². The fraction of sp³-hybridized carbons (Fsp3) is 0.625. The summed E-state index contributed by atoms with van der Waals surface area (Å²) in [6, 6.07) is 3.85. The number of fused-ring (bicyclic) bond motifs is 1. The van der Waals surface area contributed by atoms with Crippen LogP contribution in [0.2, 0.25) is 0 Å². The maximum Gasteiger partial charge on any atom is 0.297 e. The summed E-state index contributed by atoms with van der Waals surface area (Å²) in [5.74, 6) is -0.303. The third-order valence-corrected chi connectivity index (χ3v) is 6.33. The first kappa shape index (κ1) is 27.8. The number of aromatic nitrogens is 1. The molecular weight excluding hydrogens is 476 g/mol. The number of aryl methyl sites for hydroxylation is 1. The Kier molecular flexibility index (Phi) is 9.63. The molecule has 2 heterocycles. The Morgan fingerprint density at radius 2 is 1.75 bits per heavy atom. The largest absolute Gasteiger partial charge is 0.485 e. The number of ether oxygens (including phenoxy) is 3. The number of non-ortho nitro benzene ring substituents is 1. The number of nitro groups is 1. The quantitative estimate of drug-likeness (QED) is 0.185. The highest BCUT2D eigenvalue weighted by Gasteiger charge is 2.45. The molecule has 0 aliphatic carbocycles. The molecule has 0 saturated carbocycles. The molecule has 0 unspecified atom stereocenters. The van der Waals surface area contributed by atoms with Gasteiger partial charge in [-0.25, -0.2) is 0 Å². The zero-order valence-corrected chi connectivity index (χ0v) is 20.4. The number of hydrogen-bond donors (Lipinski definition) is 4. The highest BCUT2D eigenvalue weighted by molar-refractivity contribution is 5.89. The van der Waals surface area contributed by atoms with E-state index in [0.29, 0.717) is 6.42 Å². The van der Waals surface area contributed by atoms with E-state index in [2.05, 4.69) is 6.92 Å². The van der Waals surface area contributed by atoms with Crippen LogP contribution in [0.1, 0.15) is 45.4 Å². The zero-order chi connectivity index (χ0) is 26.4. The molecule has 0 bridgehead atoms. The number of rotatable bonds is 12. The second-order valence-corrected chi connectivity index (χ2v) is 8.91. The summed E-state index contributed by atoms with van der Waals surface area (Å²) in [5, 5.41) is 51.7. The molecule has 200 valence electrons. The summed E-state index contributed by atoms with van der Waals surface area (Å²) in [7, 11) is 1.45. The average Bonchev–Trinajstić information content (AvgIpc) is 2.87. The van der Waals surface area contributed by atoms with Crippen molar-refractivity contribution in [3.8, 4) is 11.5 Å². The van der Waals surface area contributed by atoms with Crippen molar-refractivity contribution in [2.45, 2.75) is 76.2 Å². The van der Waals surface area contributed by atoms with E-state index in [4.69, 9.17) is 14.2 Å². The molecule has 0 amide bonds. The maximum absolute atomic E-state index is 13.2. The van der Waals surface area contributed by atoms with Gasteiger partial charge in [0.25, 0.3) is 11.2 Å². The van der Waals surface area contributed by atoms with Gasteiger partial charge in [-0.2, -0.15) is 0 Å². The number of unbranched alkanes of at least 4 members (excludes halogenated alkanes) is 5. The Bertz CT molecular complexity index is 1100. The second kappa shape index (κ2) is 12.5. The van der Waals surface area contributed by atoms with Crippen LogP contribution in [0.5, 0.6) is 11.5 Å². The van der Waals surface area contributed by atoms with Gasteiger partial charge in [-0.05, 0) is 12.5 Å². The summed E-state index contributed by atoms with van der Waals surface area (Å²) in [6.07, 6.45) is -1.77. The highest BCUT2D eigenvalue weighted by Crippen LogP contribution is 2.37. The van der Waals surface area contributed by atoms with Crippen LogP contribution in [-0.2, 0) is 11.8 Å². The summed E-state index contributed by atoms with van der Waals surface area (Å²) in [5.41, 5.74) is -0.675. The minimum Gasteiger partial charge on any atom is -0.485 e. The van der Waals surface area contributed by atoms with Crippen LogP contribution in [0.25, 0.3) is 10.9 Å². The third-order valence-electron chi connectivity index (χ3n) is 6.33. The fourth-order valence-corrected chi connectivity index (χ4v) is 4.17. The van der Waals surface area contributed by atoms with E-state index in [1.54, 1.807) is 0 Å². The molecule has 5 atom stereocenters. The van der Waals surface area contributed by atoms with Crippen molar-refractivity contribution in [1.82, 2.24) is 4.57 Å². The lowest BCUT2D eigenvalue weighted by atomic mass is 9.99. The number of nitro benzene ring substituents is 1. The molecule has 12 nitrogen and oxygen atoms in total. The van der Waals surface area contributed by atoms with E-state index in [1.807, 2.05) is 0 Å². The Morgan fingerprint density at radius 1 is 1.06 bits per heavy atom. The van der Waals surface area contributed by atoms with E-state index in [9.17, 15) is 35.3 Å². The SMILES string of the molecule is CCCCCCCCOc1c(O[C@@H]2O[C@H](CO)[C@@H](O)[C@H](O)[C@H]2O)c2ccc([N+](=O)[O-])cc2n(C)c1=O. The summed E-state index contributed by atoms with van der Waals surface area (Å²) >= 11 is 0. The average molecular weight is 511 g/mol. The van der Waals surface area contributed by atoms with E-state index < -0.39 is 47.8 Å². The van der Waals surface area contributed by atoms with Gasteiger partial charge in [0.1, 0.15) is 24.4 Å². The molecular formula is C24H34N2O10. The lowest BCUT2D eigenvalue weighted by molar-refractivity contribution is -0.384. The third kappa shape index (κ3) is 5.95. The number of nitrogens with zero attached hydrogens (tertiary/aromatic N) is 2. The molecule has 36 heavy (non-hydrogen) atoms. The predicted molar refractivity (Wildman–Crippen MR) is 129 cm³/mol. The van der Waals surface area contributed by atoms with Gasteiger partial charge >= 0.3 is 0 Å². The van der Waals surface area contributed by atoms with E-state index in [0.717, 1.165) is 32.1 Å². The van der Waals surface area contributed by atoms with Gasteiger partial charge in [0.2, 0.25) is 12.0 Å². The van der Waals surface area contributed by atoms with Crippen molar-refractivity contribution in [3.05, 3.63) is 38.7 Å². The van der Waals surface area contributed by atoms with Gasteiger partial charge in [0.05, 0.1) is 23.7 Å². The predicted octanol–water partition coefficient (Wildman–Crippen LogP) is 1.36. The summed E-state index contributed by atoms with van der Waals surface area (Å²) in [6.45, 7) is 1.69. The highest BCUT2D eigenvalue weighted by atomic mass is 16.7. The monoisotopic (exact) mass is 510 g/mol. The van der Waals surface area contributed by atoms with Gasteiger partial charge in [0, 0.05) is 24.6 Å². The first-order valence-electron chi connectivity index (χ1n) is 12.1. The topological polar surface area (TPSA) is 174 Å². The smallest absolute Gasteiger partial charge is 0.297 e. The molecule has 1 aliphatic heterocycles. The second-order valence-electron chi connectivity index (χ2n) is 8.91. The summed E-state index contributed by atoms with van der Waals surface area (Å²) in [4.78, 5) is 23.9. The van der Waals surface area contributed by atoms with Gasteiger partial charge in [-0.15, -0.1) is 0 Å². The van der Waals surface area contributed by atoms with Crippen molar-refractivity contribution in [3.63, 3.8) is 0 Å².